The van der Waals surface area contributed by atoms with Gasteiger partial charge in [0.15, 0.2) is 11.3 Å². The van der Waals surface area contributed by atoms with Crippen LogP contribution in [-0.2, 0) is 6.18 Å². The fraction of sp³-hybridized carbons (Fsp3) is 0.0588. The molecule has 248 valence electrons. The monoisotopic (exact) mass is 700 g/mol. The topological polar surface area (TPSA) is 119 Å². The smallest absolute Gasteiger partial charge is 0.341 e. The third kappa shape index (κ3) is 5.27. The van der Waals surface area contributed by atoms with Crippen molar-refractivity contribution in [2.45, 2.75) is 12.2 Å². The second kappa shape index (κ2) is 11.4. The summed E-state index contributed by atoms with van der Waals surface area (Å²) >= 11 is 6.52. The number of nitrogens with zero attached hydrogens (tertiary/aromatic N) is 6. The first kappa shape index (κ1) is 31.1. The van der Waals surface area contributed by atoms with Gasteiger partial charge in [-0.2, -0.15) is 23.4 Å². The maximum atomic E-state index is 14.6. The van der Waals surface area contributed by atoms with Crippen LogP contribution in [0.2, 0.25) is 5.02 Å². The van der Waals surface area contributed by atoms with Gasteiger partial charge in [0, 0.05) is 56.5 Å². The lowest BCUT2D eigenvalue weighted by molar-refractivity contribution is -0.137. The largest absolute Gasteiger partial charge is 0.416 e. The van der Waals surface area contributed by atoms with Gasteiger partial charge in [0.2, 0.25) is 0 Å². The van der Waals surface area contributed by atoms with Crippen molar-refractivity contribution >= 4 is 40.4 Å². The molecule has 1 aliphatic rings. The number of fused-ring (bicyclic) bond motifs is 3. The normalized spacial score (nSPS) is 14.3. The van der Waals surface area contributed by atoms with Crippen molar-refractivity contribution in [3.63, 3.8) is 0 Å². The molecule has 50 heavy (non-hydrogen) atoms. The maximum absolute atomic E-state index is 14.6. The molecule has 0 bridgehead atoms. The van der Waals surface area contributed by atoms with Gasteiger partial charge in [-0.15, -0.1) is 0 Å². The molecule has 4 aromatic heterocycles. The molecular weight excluding hydrogens is 683 g/mol. The SMILES string of the molecule is O=C(Nc1cc(-c2ccc3ncnn3c2)c(-c2ccc3ncnn3c2)c2c1C(c1cc(F)ccc1Cl)NC2=O)c1cc(F)cc(C(F)(F)F)c1. The maximum Gasteiger partial charge on any atom is 0.416 e. The highest BCUT2D eigenvalue weighted by atomic mass is 35.5. The molecule has 2 amide bonds. The van der Waals surface area contributed by atoms with Crippen LogP contribution in [0, 0.1) is 11.6 Å². The van der Waals surface area contributed by atoms with Crippen LogP contribution in [-0.4, -0.2) is 41.0 Å². The number of carbonyl (C=O) groups excluding carboxylic acids is 2. The fourth-order valence-corrected chi connectivity index (χ4v) is 6.36. The number of amides is 2. The predicted molar refractivity (Wildman–Crippen MR) is 170 cm³/mol. The summed E-state index contributed by atoms with van der Waals surface area (Å²) in [7, 11) is 0. The van der Waals surface area contributed by atoms with Crippen molar-refractivity contribution < 1.29 is 31.5 Å². The summed E-state index contributed by atoms with van der Waals surface area (Å²) in [6, 6.07) is 12.2. The highest BCUT2D eigenvalue weighted by Crippen LogP contribution is 2.48. The predicted octanol–water partition coefficient (Wildman–Crippen LogP) is 7.14. The zero-order valence-electron chi connectivity index (χ0n) is 25.0. The third-order valence-electron chi connectivity index (χ3n) is 8.31. The van der Waals surface area contributed by atoms with Crippen LogP contribution in [0.3, 0.4) is 0 Å². The van der Waals surface area contributed by atoms with Crippen LogP contribution in [0.15, 0.2) is 91.8 Å². The molecule has 1 atom stereocenters. The van der Waals surface area contributed by atoms with E-state index in [0.717, 1.165) is 12.1 Å². The number of pyridine rings is 2. The minimum Gasteiger partial charge on any atom is -0.341 e. The second-order valence-corrected chi connectivity index (χ2v) is 11.8. The van der Waals surface area contributed by atoms with E-state index in [2.05, 4.69) is 30.8 Å². The Morgan fingerprint density at radius 1 is 0.820 bits per heavy atom. The number of carbonyl (C=O) groups is 2. The van der Waals surface area contributed by atoms with Crippen LogP contribution >= 0.6 is 11.6 Å². The molecule has 1 unspecified atom stereocenters. The molecule has 10 nitrogen and oxygen atoms in total. The highest BCUT2D eigenvalue weighted by Gasteiger charge is 2.39. The Balaban J connectivity index is 1.41. The Hall–Kier alpha value is -6.22. The van der Waals surface area contributed by atoms with Crippen LogP contribution < -0.4 is 10.6 Å². The van der Waals surface area contributed by atoms with E-state index >= 15 is 0 Å². The van der Waals surface area contributed by atoms with Crippen LogP contribution in [0.5, 0.6) is 0 Å². The number of anilines is 1. The lowest BCUT2D eigenvalue weighted by Crippen LogP contribution is -2.21. The van der Waals surface area contributed by atoms with Crippen molar-refractivity contribution in [2.75, 3.05) is 5.32 Å². The molecule has 5 heterocycles. The van der Waals surface area contributed by atoms with Gasteiger partial charge in [-0.05, 0) is 72.3 Å². The number of halogens is 6. The Labute approximate surface area is 282 Å². The van der Waals surface area contributed by atoms with E-state index < -0.39 is 46.8 Å². The second-order valence-electron chi connectivity index (χ2n) is 11.3. The van der Waals surface area contributed by atoms with Crippen molar-refractivity contribution in [2.24, 2.45) is 0 Å². The number of nitrogens with one attached hydrogen (secondary N) is 2. The van der Waals surface area contributed by atoms with Crippen molar-refractivity contribution in [3.05, 3.63) is 136 Å². The number of alkyl halides is 3. The van der Waals surface area contributed by atoms with Crippen LogP contribution in [0.4, 0.5) is 27.6 Å². The summed E-state index contributed by atoms with van der Waals surface area (Å²) in [6.07, 6.45) is 1.06. The molecule has 1 aliphatic heterocycles. The third-order valence-corrected chi connectivity index (χ3v) is 8.66. The van der Waals surface area contributed by atoms with E-state index in [1.165, 1.54) is 33.8 Å². The van der Waals surface area contributed by atoms with E-state index in [1.54, 1.807) is 36.7 Å². The van der Waals surface area contributed by atoms with Gasteiger partial charge in [-0.1, -0.05) is 11.6 Å². The van der Waals surface area contributed by atoms with Gasteiger partial charge in [0.25, 0.3) is 11.8 Å². The Morgan fingerprint density at radius 3 is 2.20 bits per heavy atom. The van der Waals surface area contributed by atoms with E-state index in [4.69, 9.17) is 11.6 Å². The van der Waals surface area contributed by atoms with Crippen molar-refractivity contribution in [1.29, 1.82) is 0 Å². The number of hydrogen-bond acceptors (Lipinski definition) is 6. The molecule has 0 aliphatic carbocycles. The first-order valence-electron chi connectivity index (χ1n) is 14.7. The molecule has 3 aromatic carbocycles. The van der Waals surface area contributed by atoms with E-state index in [-0.39, 0.29) is 33.5 Å². The molecule has 0 saturated carbocycles. The minimum atomic E-state index is -4.94. The summed E-state index contributed by atoms with van der Waals surface area (Å²) in [5.41, 5.74) is 1.08. The summed E-state index contributed by atoms with van der Waals surface area (Å²) in [5.74, 6) is -3.66. The number of benzene rings is 3. The molecule has 0 saturated heterocycles. The zero-order chi connectivity index (χ0) is 34.9. The molecule has 8 rings (SSSR count). The molecule has 0 radical (unpaired) electrons. The van der Waals surface area contributed by atoms with Crippen molar-refractivity contribution in [1.82, 2.24) is 34.5 Å². The van der Waals surface area contributed by atoms with Gasteiger partial charge in [0.05, 0.1) is 17.2 Å². The summed E-state index contributed by atoms with van der Waals surface area (Å²) in [6.45, 7) is 0. The quantitative estimate of drug-likeness (QED) is 0.184. The van der Waals surface area contributed by atoms with Gasteiger partial charge in [-0.25, -0.2) is 27.8 Å². The number of rotatable bonds is 5. The molecule has 2 N–H and O–H groups in total. The molecule has 0 fully saturated rings. The van der Waals surface area contributed by atoms with E-state index in [9.17, 15) is 31.5 Å². The zero-order valence-corrected chi connectivity index (χ0v) is 25.8. The number of hydrogen-bond donors (Lipinski definition) is 2. The minimum absolute atomic E-state index is 0.0363. The first-order valence-corrected chi connectivity index (χ1v) is 15.1. The van der Waals surface area contributed by atoms with Crippen LogP contribution in [0.1, 0.15) is 43.4 Å². The van der Waals surface area contributed by atoms with Gasteiger partial charge < -0.3 is 10.6 Å². The average Bonchev–Trinajstić information content (AvgIpc) is 3.83. The van der Waals surface area contributed by atoms with E-state index in [0.29, 0.717) is 45.7 Å². The number of aromatic nitrogens is 6. The Morgan fingerprint density at radius 2 is 1.50 bits per heavy atom. The van der Waals surface area contributed by atoms with E-state index in [1.807, 2.05) is 0 Å². The standard InChI is InChI=1S/C34H18ClF5N8O2/c35-24-4-3-20(36)10-23(24)31-29-25(45-32(49)18-7-19(34(38,39)40)9-21(37)8-18)11-22(16-1-5-26-41-14-43-47(26)12-16)28(30(29)33(50)46-31)17-2-6-27-42-15-44-48(27)13-17/h1-15,31H,(H,45,49)(H,46,50). The van der Waals surface area contributed by atoms with Gasteiger partial charge >= 0.3 is 6.18 Å². The van der Waals surface area contributed by atoms with Gasteiger partial charge in [-0.3, -0.25) is 9.59 Å². The summed E-state index contributed by atoms with van der Waals surface area (Å²) in [4.78, 5) is 36.1. The van der Waals surface area contributed by atoms with Crippen LogP contribution in [0.25, 0.3) is 33.5 Å². The average molecular weight is 701 g/mol. The molecule has 7 aromatic rings. The Bertz CT molecular complexity index is 2550. The highest BCUT2D eigenvalue weighted by molar-refractivity contribution is 6.31. The first-order chi connectivity index (χ1) is 23.9. The Kier molecular flexibility index (Phi) is 7.11. The molecular formula is C34H18ClF5N8O2. The molecule has 16 heteroatoms. The van der Waals surface area contributed by atoms with Gasteiger partial charge in [0.1, 0.15) is 24.3 Å². The fourth-order valence-electron chi connectivity index (χ4n) is 6.13. The molecule has 0 spiro atoms. The summed E-state index contributed by atoms with van der Waals surface area (Å²) < 4.78 is 72.7. The summed E-state index contributed by atoms with van der Waals surface area (Å²) in [5, 5.41) is 13.9. The lowest BCUT2D eigenvalue weighted by Gasteiger charge is -2.22. The van der Waals surface area contributed by atoms with Crippen molar-refractivity contribution in [3.8, 4) is 22.3 Å². The lowest BCUT2D eigenvalue weighted by atomic mass is 9.85.